The Bertz CT molecular complexity index is 882. The van der Waals surface area contributed by atoms with Gasteiger partial charge in [0.15, 0.2) is 6.29 Å². The number of benzene rings is 2. The number of hydrogen-bond acceptors (Lipinski definition) is 4. The van der Waals surface area contributed by atoms with E-state index in [0.29, 0.717) is 11.4 Å². The molecule has 2 saturated heterocycles. The zero-order valence-corrected chi connectivity index (χ0v) is 16.4. The van der Waals surface area contributed by atoms with E-state index in [-0.39, 0.29) is 18.1 Å². The zero-order valence-electron chi connectivity index (χ0n) is 15.6. The third-order valence-electron chi connectivity index (χ3n) is 5.69. The molecule has 2 aromatic carbocycles. The second-order valence-corrected chi connectivity index (χ2v) is 9.23. The van der Waals surface area contributed by atoms with E-state index in [0.717, 1.165) is 24.0 Å². The van der Waals surface area contributed by atoms with Crippen LogP contribution in [0.25, 0.3) is 0 Å². The topological polar surface area (TPSA) is 55.8 Å². The molecule has 0 radical (unpaired) electrons. The van der Waals surface area contributed by atoms with Crippen molar-refractivity contribution in [3.63, 3.8) is 0 Å². The standard InChI is InChI=1S/C21H25NO4S/c1-15-8-10-17(11-9-15)27(23,24)22-14-19(16-6-4-3-5-7-16)18-12-13-20(25-2)26-21(18)22/h3-11,18-21H,12-14H2,1-2H3/t18-,19-,20-,21-/m1/s1. The average Bonchev–Trinajstić information content (AvgIpc) is 3.08. The van der Waals surface area contributed by atoms with Crippen LogP contribution in [0.2, 0.25) is 0 Å². The number of methoxy groups -OCH3 is 1. The van der Waals surface area contributed by atoms with Gasteiger partial charge < -0.3 is 9.47 Å². The largest absolute Gasteiger partial charge is 0.356 e. The van der Waals surface area contributed by atoms with Gasteiger partial charge in [-0.1, -0.05) is 48.0 Å². The number of fused-ring (bicyclic) bond motifs is 1. The Morgan fingerprint density at radius 2 is 1.74 bits per heavy atom. The van der Waals surface area contributed by atoms with E-state index in [2.05, 4.69) is 12.1 Å². The van der Waals surface area contributed by atoms with Crippen LogP contribution in [-0.4, -0.2) is 38.9 Å². The summed E-state index contributed by atoms with van der Waals surface area (Å²) in [5.74, 6) is 0.244. The highest BCUT2D eigenvalue weighted by atomic mass is 32.2. The highest BCUT2D eigenvalue weighted by molar-refractivity contribution is 7.89. The van der Waals surface area contributed by atoms with Gasteiger partial charge in [0.05, 0.1) is 4.90 Å². The van der Waals surface area contributed by atoms with Crippen molar-refractivity contribution in [3.05, 3.63) is 65.7 Å². The van der Waals surface area contributed by atoms with Crippen molar-refractivity contribution in [3.8, 4) is 0 Å². The van der Waals surface area contributed by atoms with Crippen LogP contribution in [0.4, 0.5) is 0 Å². The summed E-state index contributed by atoms with van der Waals surface area (Å²) in [6, 6.07) is 17.1. The number of sulfonamides is 1. The van der Waals surface area contributed by atoms with E-state index in [1.54, 1.807) is 19.2 Å². The summed E-state index contributed by atoms with van der Waals surface area (Å²) in [5.41, 5.74) is 2.19. The van der Waals surface area contributed by atoms with Gasteiger partial charge in [-0.25, -0.2) is 8.42 Å². The fourth-order valence-electron chi connectivity index (χ4n) is 4.22. The number of aryl methyl sites for hydroxylation is 1. The lowest BCUT2D eigenvalue weighted by Crippen LogP contribution is -2.44. The summed E-state index contributed by atoms with van der Waals surface area (Å²) in [6.45, 7) is 2.37. The zero-order chi connectivity index (χ0) is 19.0. The van der Waals surface area contributed by atoms with E-state index < -0.39 is 16.3 Å². The molecular weight excluding hydrogens is 362 g/mol. The Morgan fingerprint density at radius 3 is 2.41 bits per heavy atom. The Labute approximate surface area is 161 Å². The molecule has 0 aliphatic carbocycles. The van der Waals surface area contributed by atoms with E-state index in [4.69, 9.17) is 9.47 Å². The van der Waals surface area contributed by atoms with Crippen LogP contribution in [0.3, 0.4) is 0 Å². The smallest absolute Gasteiger partial charge is 0.245 e. The molecule has 0 saturated carbocycles. The molecule has 2 aliphatic rings. The van der Waals surface area contributed by atoms with E-state index in [1.807, 2.05) is 37.3 Å². The van der Waals surface area contributed by atoms with E-state index >= 15 is 0 Å². The highest BCUT2D eigenvalue weighted by Gasteiger charge is 2.51. The van der Waals surface area contributed by atoms with Gasteiger partial charge >= 0.3 is 0 Å². The van der Waals surface area contributed by atoms with Gasteiger partial charge in [-0.3, -0.25) is 0 Å². The molecule has 2 fully saturated rings. The van der Waals surface area contributed by atoms with Gasteiger partial charge in [0.25, 0.3) is 0 Å². The first-order valence-electron chi connectivity index (χ1n) is 9.32. The third-order valence-corrected chi connectivity index (χ3v) is 7.53. The van der Waals surface area contributed by atoms with Gasteiger partial charge in [0.2, 0.25) is 10.0 Å². The van der Waals surface area contributed by atoms with Gasteiger partial charge in [0.1, 0.15) is 6.23 Å². The number of ether oxygens (including phenoxy) is 2. The molecule has 2 aromatic rings. The first-order valence-corrected chi connectivity index (χ1v) is 10.8. The van der Waals surface area contributed by atoms with Gasteiger partial charge in [-0.15, -0.1) is 0 Å². The second kappa shape index (κ2) is 7.36. The fourth-order valence-corrected chi connectivity index (χ4v) is 5.80. The van der Waals surface area contributed by atoms with Crippen molar-refractivity contribution in [1.82, 2.24) is 4.31 Å². The molecule has 6 heteroatoms. The summed E-state index contributed by atoms with van der Waals surface area (Å²) >= 11 is 0. The molecule has 0 aromatic heterocycles. The van der Waals surface area contributed by atoms with Crippen LogP contribution in [0.5, 0.6) is 0 Å². The molecule has 4 atom stereocenters. The summed E-state index contributed by atoms with van der Waals surface area (Å²) in [5, 5.41) is 0. The number of hydrogen-bond donors (Lipinski definition) is 0. The van der Waals surface area contributed by atoms with Crippen molar-refractivity contribution in [2.45, 2.75) is 43.1 Å². The summed E-state index contributed by atoms with van der Waals surface area (Å²) in [4.78, 5) is 0.309. The number of rotatable bonds is 4. The minimum absolute atomic E-state index is 0.120. The maximum Gasteiger partial charge on any atom is 0.245 e. The average molecular weight is 388 g/mol. The highest BCUT2D eigenvalue weighted by Crippen LogP contribution is 2.46. The molecule has 144 valence electrons. The summed E-state index contributed by atoms with van der Waals surface area (Å²) < 4.78 is 39.7. The molecular formula is C21H25NO4S. The lowest BCUT2D eigenvalue weighted by atomic mass is 9.84. The third kappa shape index (κ3) is 3.43. The van der Waals surface area contributed by atoms with Gasteiger partial charge in [0, 0.05) is 25.5 Å². The first kappa shape index (κ1) is 18.6. The van der Waals surface area contributed by atoms with Crippen LogP contribution in [0.1, 0.15) is 29.9 Å². The molecule has 0 spiro atoms. The minimum Gasteiger partial charge on any atom is -0.356 e. The van der Waals surface area contributed by atoms with Crippen LogP contribution >= 0.6 is 0 Å². The Kier molecular flexibility index (Phi) is 5.07. The van der Waals surface area contributed by atoms with Crippen LogP contribution in [0.15, 0.2) is 59.5 Å². The Morgan fingerprint density at radius 1 is 1.04 bits per heavy atom. The SMILES string of the molecule is CO[C@H]1CC[C@@H]2[C@@H](c3ccccc3)CN(S(=O)(=O)c3ccc(C)cc3)[C@@H]2O1. The molecule has 0 bridgehead atoms. The lowest BCUT2D eigenvalue weighted by molar-refractivity contribution is -0.212. The molecule has 0 N–H and O–H groups in total. The van der Waals surface area contributed by atoms with Crippen LogP contribution < -0.4 is 0 Å². The molecule has 0 unspecified atom stereocenters. The summed E-state index contributed by atoms with van der Waals surface area (Å²) in [6.07, 6.45) is 0.791. The van der Waals surface area contributed by atoms with Crippen molar-refractivity contribution in [2.24, 2.45) is 5.92 Å². The minimum atomic E-state index is -3.65. The van der Waals surface area contributed by atoms with Crippen molar-refractivity contribution in [1.29, 1.82) is 0 Å². The summed E-state index contributed by atoms with van der Waals surface area (Å²) in [7, 11) is -2.04. The predicted octanol–water partition coefficient (Wildman–Crippen LogP) is 3.51. The molecule has 27 heavy (non-hydrogen) atoms. The lowest BCUT2D eigenvalue weighted by Gasteiger charge is -2.36. The maximum absolute atomic E-state index is 13.4. The second-order valence-electron chi connectivity index (χ2n) is 7.34. The Balaban J connectivity index is 1.71. The Hall–Kier alpha value is -1.73. The van der Waals surface area contributed by atoms with Gasteiger partial charge in [-0.2, -0.15) is 4.31 Å². The molecule has 0 amide bonds. The van der Waals surface area contributed by atoms with Crippen molar-refractivity contribution < 1.29 is 17.9 Å². The monoisotopic (exact) mass is 387 g/mol. The van der Waals surface area contributed by atoms with E-state index in [9.17, 15) is 8.42 Å². The van der Waals surface area contributed by atoms with Gasteiger partial charge in [-0.05, 0) is 37.5 Å². The van der Waals surface area contributed by atoms with Crippen molar-refractivity contribution in [2.75, 3.05) is 13.7 Å². The first-order chi connectivity index (χ1) is 13.0. The molecule has 2 aliphatic heterocycles. The van der Waals surface area contributed by atoms with Crippen LogP contribution in [-0.2, 0) is 19.5 Å². The molecule has 5 nitrogen and oxygen atoms in total. The van der Waals surface area contributed by atoms with Crippen LogP contribution in [0, 0.1) is 12.8 Å². The van der Waals surface area contributed by atoms with Crippen molar-refractivity contribution >= 4 is 10.0 Å². The number of nitrogens with zero attached hydrogens (tertiary/aromatic N) is 1. The van der Waals surface area contributed by atoms with E-state index in [1.165, 1.54) is 4.31 Å². The molecule has 2 heterocycles. The normalized spacial score (nSPS) is 28.8. The fraction of sp³-hybridized carbons (Fsp3) is 0.429. The predicted molar refractivity (Wildman–Crippen MR) is 103 cm³/mol. The maximum atomic E-state index is 13.4. The molecule has 4 rings (SSSR count). The quantitative estimate of drug-likeness (QED) is 0.806.